The van der Waals surface area contributed by atoms with Crippen LogP contribution < -0.4 is 5.32 Å². The van der Waals surface area contributed by atoms with Gasteiger partial charge >= 0.3 is 0 Å². The lowest BCUT2D eigenvalue weighted by molar-refractivity contribution is -0.0689. The highest BCUT2D eigenvalue weighted by molar-refractivity contribution is 9.10. The summed E-state index contributed by atoms with van der Waals surface area (Å²) < 4.78 is 19.9. The summed E-state index contributed by atoms with van der Waals surface area (Å²) in [5.74, 6) is -0.222. The van der Waals surface area contributed by atoms with Gasteiger partial charge in [-0.15, -0.1) is 0 Å². The number of nitrogens with one attached hydrogen (secondary N) is 1. The fourth-order valence-electron chi connectivity index (χ4n) is 2.65. The zero-order valence-corrected chi connectivity index (χ0v) is 12.9. The number of ether oxygens (including phenoxy) is 1. The monoisotopic (exact) mass is 330 g/mol. The van der Waals surface area contributed by atoms with Crippen molar-refractivity contribution in [3.8, 4) is 0 Å². The van der Waals surface area contributed by atoms with Crippen molar-refractivity contribution in [1.82, 2.24) is 10.2 Å². The molecule has 0 saturated carbocycles. The summed E-state index contributed by atoms with van der Waals surface area (Å²) in [6, 6.07) is 5.04. The van der Waals surface area contributed by atoms with Crippen LogP contribution in [-0.2, 0) is 4.74 Å². The van der Waals surface area contributed by atoms with E-state index >= 15 is 0 Å². The van der Waals surface area contributed by atoms with E-state index in [4.69, 9.17) is 4.74 Å². The Kier molecular flexibility index (Phi) is 5.33. The first-order chi connectivity index (χ1) is 9.17. The predicted molar refractivity (Wildman–Crippen MR) is 77.8 cm³/mol. The lowest BCUT2D eigenvalue weighted by atomic mass is 9.97. The molecule has 1 saturated heterocycles. The van der Waals surface area contributed by atoms with Crippen molar-refractivity contribution in [3.63, 3.8) is 0 Å². The van der Waals surface area contributed by atoms with Gasteiger partial charge in [-0.1, -0.05) is 28.9 Å². The Balaban J connectivity index is 2.33. The van der Waals surface area contributed by atoms with Crippen molar-refractivity contribution in [2.45, 2.75) is 19.1 Å². The molecule has 0 amide bonds. The Morgan fingerprint density at radius 1 is 1.53 bits per heavy atom. The maximum Gasteiger partial charge on any atom is 0.124 e. The maximum absolute atomic E-state index is 13.3. The average molecular weight is 331 g/mol. The molecule has 0 aromatic heterocycles. The van der Waals surface area contributed by atoms with Crippen LogP contribution in [-0.4, -0.2) is 44.3 Å². The van der Waals surface area contributed by atoms with E-state index in [2.05, 4.69) is 33.1 Å². The SMILES string of the molecule is CCN1CCOC(CNC)C1c1ccc(F)cc1Br. The van der Waals surface area contributed by atoms with Gasteiger partial charge in [0.1, 0.15) is 5.82 Å². The van der Waals surface area contributed by atoms with E-state index in [1.807, 2.05) is 13.1 Å². The molecule has 5 heteroatoms. The number of likely N-dealkylation sites (N-methyl/N-ethyl adjacent to an activating group) is 2. The quantitative estimate of drug-likeness (QED) is 0.918. The van der Waals surface area contributed by atoms with Crippen LogP contribution in [0.15, 0.2) is 22.7 Å². The zero-order chi connectivity index (χ0) is 13.8. The molecule has 2 rings (SSSR count). The first-order valence-corrected chi connectivity index (χ1v) is 7.41. The minimum Gasteiger partial charge on any atom is -0.374 e. The molecule has 0 radical (unpaired) electrons. The highest BCUT2D eigenvalue weighted by Gasteiger charge is 2.33. The largest absolute Gasteiger partial charge is 0.374 e. The second kappa shape index (κ2) is 6.79. The van der Waals surface area contributed by atoms with Crippen molar-refractivity contribution >= 4 is 15.9 Å². The van der Waals surface area contributed by atoms with Crippen LogP contribution in [0, 0.1) is 5.82 Å². The molecule has 1 aliphatic heterocycles. The first-order valence-electron chi connectivity index (χ1n) is 6.62. The Morgan fingerprint density at radius 3 is 2.95 bits per heavy atom. The molecule has 2 atom stereocenters. The number of hydrogen-bond donors (Lipinski definition) is 1. The van der Waals surface area contributed by atoms with Crippen LogP contribution in [0.25, 0.3) is 0 Å². The van der Waals surface area contributed by atoms with Gasteiger partial charge in [-0.2, -0.15) is 0 Å². The van der Waals surface area contributed by atoms with Crippen LogP contribution in [0.3, 0.4) is 0 Å². The zero-order valence-electron chi connectivity index (χ0n) is 11.3. The summed E-state index contributed by atoms with van der Waals surface area (Å²) in [5, 5.41) is 3.17. The van der Waals surface area contributed by atoms with Crippen molar-refractivity contribution in [2.24, 2.45) is 0 Å². The molecule has 1 fully saturated rings. The van der Waals surface area contributed by atoms with E-state index in [1.54, 1.807) is 0 Å². The number of benzene rings is 1. The van der Waals surface area contributed by atoms with E-state index in [9.17, 15) is 4.39 Å². The fraction of sp³-hybridized carbons (Fsp3) is 0.571. The molecule has 19 heavy (non-hydrogen) atoms. The average Bonchev–Trinajstić information content (AvgIpc) is 2.39. The molecule has 3 nitrogen and oxygen atoms in total. The van der Waals surface area contributed by atoms with Crippen molar-refractivity contribution in [1.29, 1.82) is 0 Å². The van der Waals surface area contributed by atoms with Gasteiger partial charge < -0.3 is 10.1 Å². The Morgan fingerprint density at radius 2 is 2.32 bits per heavy atom. The highest BCUT2D eigenvalue weighted by Crippen LogP contribution is 2.34. The Bertz CT molecular complexity index is 428. The number of morpholine rings is 1. The normalized spacial score (nSPS) is 24.6. The van der Waals surface area contributed by atoms with Gasteiger partial charge in [0, 0.05) is 17.6 Å². The number of halogens is 2. The molecule has 1 N–H and O–H groups in total. The molecule has 1 aromatic carbocycles. The van der Waals surface area contributed by atoms with Crippen molar-refractivity contribution in [3.05, 3.63) is 34.1 Å². The third kappa shape index (κ3) is 3.34. The summed E-state index contributed by atoms with van der Waals surface area (Å²) in [6.45, 7) is 5.54. The van der Waals surface area contributed by atoms with Crippen LogP contribution in [0.4, 0.5) is 4.39 Å². The van der Waals surface area contributed by atoms with Gasteiger partial charge in [-0.25, -0.2) is 4.39 Å². The molecule has 2 unspecified atom stereocenters. The number of rotatable bonds is 4. The third-order valence-corrected chi connectivity index (χ3v) is 4.24. The summed E-state index contributed by atoms with van der Waals surface area (Å²) >= 11 is 3.48. The van der Waals surface area contributed by atoms with Gasteiger partial charge in [0.2, 0.25) is 0 Å². The topological polar surface area (TPSA) is 24.5 Å². The summed E-state index contributed by atoms with van der Waals surface area (Å²) in [6.07, 6.45) is 0.0838. The van der Waals surface area contributed by atoms with Gasteiger partial charge in [-0.05, 0) is 31.3 Å². The molecule has 1 aliphatic rings. The predicted octanol–water partition coefficient (Wildman–Crippen LogP) is 2.57. The molecule has 0 spiro atoms. The molecular weight excluding hydrogens is 311 g/mol. The van der Waals surface area contributed by atoms with Crippen molar-refractivity contribution < 1.29 is 9.13 Å². The minimum absolute atomic E-state index is 0.0838. The van der Waals surface area contributed by atoms with Crippen molar-refractivity contribution in [2.75, 3.05) is 33.3 Å². The summed E-state index contributed by atoms with van der Waals surface area (Å²) in [5.41, 5.74) is 1.09. The second-order valence-electron chi connectivity index (χ2n) is 4.71. The van der Waals surface area contributed by atoms with Crippen LogP contribution in [0.5, 0.6) is 0 Å². The molecular formula is C14H20BrFN2O. The van der Waals surface area contributed by atoms with Gasteiger partial charge in [0.25, 0.3) is 0 Å². The maximum atomic E-state index is 13.3. The third-order valence-electron chi connectivity index (χ3n) is 3.55. The fourth-order valence-corrected chi connectivity index (χ4v) is 3.24. The van der Waals surface area contributed by atoms with Gasteiger partial charge in [0.05, 0.1) is 18.8 Å². The van der Waals surface area contributed by atoms with Crippen LogP contribution in [0.1, 0.15) is 18.5 Å². The molecule has 1 aromatic rings. The smallest absolute Gasteiger partial charge is 0.124 e. The van der Waals surface area contributed by atoms with E-state index in [1.165, 1.54) is 12.1 Å². The summed E-state index contributed by atoms with van der Waals surface area (Å²) in [4.78, 5) is 2.38. The van der Waals surface area contributed by atoms with E-state index < -0.39 is 0 Å². The second-order valence-corrected chi connectivity index (χ2v) is 5.56. The van der Waals surface area contributed by atoms with E-state index in [-0.39, 0.29) is 18.0 Å². The van der Waals surface area contributed by atoms with Crippen LogP contribution in [0.2, 0.25) is 0 Å². The lowest BCUT2D eigenvalue weighted by Gasteiger charge is -2.41. The number of nitrogens with zero attached hydrogens (tertiary/aromatic N) is 1. The van der Waals surface area contributed by atoms with E-state index in [0.29, 0.717) is 0 Å². The first kappa shape index (κ1) is 14.9. The minimum atomic E-state index is -0.222. The highest BCUT2D eigenvalue weighted by atomic mass is 79.9. The molecule has 106 valence electrons. The van der Waals surface area contributed by atoms with E-state index in [0.717, 1.165) is 36.3 Å². The lowest BCUT2D eigenvalue weighted by Crippen LogP contribution is -2.48. The number of hydrogen-bond acceptors (Lipinski definition) is 3. The Labute approximate surface area is 122 Å². The standard InChI is InChI=1S/C14H20BrFN2O/c1-3-18-6-7-19-13(9-17-2)14(18)11-5-4-10(16)8-12(11)15/h4-5,8,13-14,17H,3,6-7,9H2,1-2H3. The van der Waals surface area contributed by atoms with Gasteiger partial charge in [0.15, 0.2) is 0 Å². The molecule has 0 aliphatic carbocycles. The molecule has 1 heterocycles. The van der Waals surface area contributed by atoms with Gasteiger partial charge in [-0.3, -0.25) is 4.90 Å². The Hall–Kier alpha value is -0.490. The van der Waals surface area contributed by atoms with Crippen LogP contribution >= 0.6 is 15.9 Å². The summed E-state index contributed by atoms with van der Waals surface area (Å²) in [7, 11) is 1.92. The molecule has 0 bridgehead atoms.